The van der Waals surface area contributed by atoms with E-state index < -0.39 is 59.5 Å². The van der Waals surface area contributed by atoms with E-state index in [4.69, 9.17) is 9.26 Å². The Hall–Kier alpha value is -3.97. The average Bonchev–Trinajstić information content (AvgIpc) is 3.59. The summed E-state index contributed by atoms with van der Waals surface area (Å²) in [5.74, 6) is -2.69. The van der Waals surface area contributed by atoms with Crippen LogP contribution in [0.15, 0.2) is 28.8 Å². The van der Waals surface area contributed by atoms with Crippen molar-refractivity contribution in [3.63, 3.8) is 0 Å². The van der Waals surface area contributed by atoms with E-state index in [2.05, 4.69) is 20.8 Å². The number of carbonyl (C=O) groups excluding carboxylic acids is 4. The highest BCUT2D eigenvalue weighted by molar-refractivity contribution is 6.00. The number of ether oxygens (including phenoxy) is 1. The summed E-state index contributed by atoms with van der Waals surface area (Å²) in [5, 5.41) is 9.01. The van der Waals surface area contributed by atoms with E-state index in [0.29, 0.717) is 19.4 Å². The summed E-state index contributed by atoms with van der Waals surface area (Å²) in [7, 11) is 0. The molecule has 2 aromatic rings. The molecule has 3 atom stereocenters. The van der Waals surface area contributed by atoms with Crippen molar-refractivity contribution in [3.05, 3.63) is 47.1 Å². The third kappa shape index (κ3) is 8.77. The van der Waals surface area contributed by atoms with Gasteiger partial charge in [0.1, 0.15) is 12.1 Å². The summed E-state index contributed by atoms with van der Waals surface area (Å²) >= 11 is 0. The quantitative estimate of drug-likeness (QED) is 0.362. The number of hydrogen-bond acceptors (Lipinski definition) is 8. The van der Waals surface area contributed by atoms with Gasteiger partial charge in [-0.2, -0.15) is 18.2 Å². The number of alkyl carbamates (subject to hydrolysis) is 1. The first-order valence-corrected chi connectivity index (χ1v) is 14.2. The van der Waals surface area contributed by atoms with Gasteiger partial charge >= 0.3 is 12.3 Å². The molecule has 2 N–H and O–H groups in total. The highest BCUT2D eigenvalue weighted by atomic mass is 19.4. The first-order chi connectivity index (χ1) is 20.1. The van der Waals surface area contributed by atoms with Crippen LogP contribution in [0.1, 0.15) is 82.0 Å². The van der Waals surface area contributed by atoms with Crippen molar-refractivity contribution in [1.29, 1.82) is 0 Å². The van der Waals surface area contributed by atoms with Crippen LogP contribution in [-0.2, 0) is 26.9 Å². The number of amides is 3. The monoisotopic (exact) mass is 609 g/mol. The van der Waals surface area contributed by atoms with Gasteiger partial charge in [0, 0.05) is 6.54 Å². The van der Waals surface area contributed by atoms with Crippen molar-refractivity contribution in [3.8, 4) is 0 Å². The fraction of sp³-hybridized carbons (Fsp3) is 0.586. The molecule has 0 saturated carbocycles. The summed E-state index contributed by atoms with van der Waals surface area (Å²) in [6.07, 6.45) is -4.84. The molecule has 3 rings (SSSR count). The molecule has 3 amide bonds. The smallest absolute Gasteiger partial charge is 0.416 e. The largest absolute Gasteiger partial charge is 0.447 e. The van der Waals surface area contributed by atoms with Crippen LogP contribution in [0.5, 0.6) is 0 Å². The van der Waals surface area contributed by atoms with Gasteiger partial charge in [0.15, 0.2) is 0 Å². The van der Waals surface area contributed by atoms with Crippen LogP contribution in [0.3, 0.4) is 0 Å². The van der Waals surface area contributed by atoms with Gasteiger partial charge in [0.2, 0.25) is 29.3 Å². The zero-order chi connectivity index (χ0) is 32.1. The minimum absolute atomic E-state index is 0.0627. The standard InChI is InChI=1S/C29H38F3N5O6/c1-15(2)22(24(38)25-33-21(43-36-25)14-18-9-7-10-19(13-18)29(30,31)32)34-26(39)20-11-8-12-37(20)27(40)23(16(3)4)35-28(41)42-17(5)6/h7,9-10,13,15-17,20,22-23H,8,11-12,14H2,1-6H3,(H,34,39)(H,35,41)/t20-,22-,23-/m0/s1. The highest BCUT2D eigenvalue weighted by Crippen LogP contribution is 2.30. The maximum atomic E-state index is 13.4. The van der Waals surface area contributed by atoms with Crippen molar-refractivity contribution in [2.24, 2.45) is 11.8 Å². The molecular weight excluding hydrogens is 571 g/mol. The van der Waals surface area contributed by atoms with E-state index in [1.165, 1.54) is 17.0 Å². The normalized spacial score (nSPS) is 16.8. The molecule has 0 aliphatic carbocycles. The van der Waals surface area contributed by atoms with Gasteiger partial charge in [0.25, 0.3) is 0 Å². The average molecular weight is 610 g/mol. The van der Waals surface area contributed by atoms with Crippen LogP contribution < -0.4 is 10.6 Å². The second kappa shape index (κ2) is 14.0. The zero-order valence-corrected chi connectivity index (χ0v) is 25.0. The Bertz CT molecular complexity index is 1310. The van der Waals surface area contributed by atoms with Crippen molar-refractivity contribution < 1.29 is 41.6 Å². The molecule has 1 aromatic carbocycles. The van der Waals surface area contributed by atoms with E-state index in [-0.39, 0.29) is 35.7 Å². The van der Waals surface area contributed by atoms with Crippen molar-refractivity contribution >= 4 is 23.7 Å². The van der Waals surface area contributed by atoms with Crippen LogP contribution in [0.25, 0.3) is 0 Å². The van der Waals surface area contributed by atoms with Gasteiger partial charge in [-0.3, -0.25) is 14.4 Å². The number of alkyl halides is 3. The van der Waals surface area contributed by atoms with Gasteiger partial charge in [-0.25, -0.2) is 4.79 Å². The maximum Gasteiger partial charge on any atom is 0.416 e. The van der Waals surface area contributed by atoms with Gasteiger partial charge in [-0.05, 0) is 50.2 Å². The number of hydrogen-bond donors (Lipinski definition) is 2. The van der Waals surface area contributed by atoms with Crippen LogP contribution in [0, 0.1) is 11.8 Å². The Labute approximate surface area is 247 Å². The third-order valence-electron chi connectivity index (χ3n) is 6.93. The molecule has 1 aliphatic heterocycles. The molecule has 2 heterocycles. The number of carbonyl (C=O) groups is 4. The Morgan fingerprint density at radius 2 is 1.72 bits per heavy atom. The molecule has 1 fully saturated rings. The van der Waals surface area contributed by atoms with E-state index in [0.717, 1.165) is 12.1 Å². The van der Waals surface area contributed by atoms with Crippen LogP contribution in [0.4, 0.5) is 18.0 Å². The number of ketones is 1. The third-order valence-corrected chi connectivity index (χ3v) is 6.93. The molecule has 0 radical (unpaired) electrons. The lowest BCUT2D eigenvalue weighted by Gasteiger charge is -2.31. The second-order valence-corrected chi connectivity index (χ2v) is 11.5. The van der Waals surface area contributed by atoms with E-state index >= 15 is 0 Å². The number of benzene rings is 1. The molecule has 0 unspecified atom stereocenters. The number of likely N-dealkylation sites (tertiary alicyclic amines) is 1. The number of halogens is 3. The number of nitrogens with zero attached hydrogens (tertiary/aromatic N) is 3. The molecule has 1 aliphatic rings. The minimum Gasteiger partial charge on any atom is -0.447 e. The van der Waals surface area contributed by atoms with E-state index in [9.17, 15) is 32.3 Å². The molecule has 0 spiro atoms. The predicted molar refractivity (Wildman–Crippen MR) is 148 cm³/mol. The summed E-state index contributed by atoms with van der Waals surface area (Å²) in [6, 6.07) is 1.79. The SMILES string of the molecule is CC(C)OC(=O)N[C@H](C(=O)N1CCC[C@H]1C(=O)N[C@H](C(=O)c1noc(Cc2cccc(C(F)(F)F)c2)n1)C(C)C)C(C)C. The first-order valence-electron chi connectivity index (χ1n) is 14.2. The van der Waals surface area contributed by atoms with Gasteiger partial charge in [-0.1, -0.05) is 51.1 Å². The van der Waals surface area contributed by atoms with Gasteiger partial charge in [0.05, 0.1) is 24.1 Å². The summed E-state index contributed by atoms with van der Waals surface area (Å²) in [6.45, 7) is 10.6. The van der Waals surface area contributed by atoms with E-state index in [1.807, 2.05) is 0 Å². The van der Waals surface area contributed by atoms with Gasteiger partial charge < -0.3 is 24.8 Å². The molecule has 236 valence electrons. The molecule has 1 aromatic heterocycles. The number of aromatic nitrogens is 2. The van der Waals surface area contributed by atoms with Crippen LogP contribution >= 0.6 is 0 Å². The molecule has 11 nitrogen and oxygen atoms in total. The topological polar surface area (TPSA) is 144 Å². The first kappa shape index (κ1) is 33.5. The molecule has 1 saturated heterocycles. The Morgan fingerprint density at radius 1 is 1.05 bits per heavy atom. The van der Waals surface area contributed by atoms with Crippen molar-refractivity contribution in [2.45, 2.75) is 91.2 Å². The lowest BCUT2D eigenvalue weighted by atomic mass is 9.98. The number of nitrogens with one attached hydrogen (secondary N) is 2. The Kier molecular flexibility index (Phi) is 10.9. The zero-order valence-electron chi connectivity index (χ0n) is 25.0. The molecule has 0 bridgehead atoms. The minimum atomic E-state index is -4.51. The van der Waals surface area contributed by atoms with Gasteiger partial charge in [-0.15, -0.1) is 0 Å². The maximum absolute atomic E-state index is 13.4. The van der Waals surface area contributed by atoms with Crippen molar-refractivity contribution in [2.75, 3.05) is 6.54 Å². The fourth-order valence-electron chi connectivity index (χ4n) is 4.75. The molecule has 14 heteroatoms. The molecule has 43 heavy (non-hydrogen) atoms. The molecular formula is C29H38F3N5O6. The summed E-state index contributed by atoms with van der Waals surface area (Å²) < 4.78 is 49.4. The number of rotatable bonds is 11. The van der Waals surface area contributed by atoms with E-state index in [1.54, 1.807) is 41.5 Å². The van der Waals surface area contributed by atoms with Crippen LogP contribution in [-0.4, -0.2) is 69.5 Å². The second-order valence-electron chi connectivity index (χ2n) is 11.5. The number of Topliss-reactive ketones (excluding diaryl/α,β-unsaturated/α-hetero) is 1. The summed E-state index contributed by atoms with van der Waals surface area (Å²) in [4.78, 5) is 57.8. The predicted octanol–water partition coefficient (Wildman–Crippen LogP) is 4.15. The summed E-state index contributed by atoms with van der Waals surface area (Å²) in [5.41, 5.74) is -0.558. The van der Waals surface area contributed by atoms with Crippen LogP contribution in [0.2, 0.25) is 0 Å². The van der Waals surface area contributed by atoms with Crippen molar-refractivity contribution in [1.82, 2.24) is 25.7 Å². The Balaban J connectivity index is 1.71. The lowest BCUT2D eigenvalue weighted by Crippen LogP contribution is -2.57. The lowest BCUT2D eigenvalue weighted by molar-refractivity contribution is -0.141. The Morgan fingerprint density at radius 3 is 2.33 bits per heavy atom. The fourth-order valence-corrected chi connectivity index (χ4v) is 4.75. The highest BCUT2D eigenvalue weighted by Gasteiger charge is 2.41.